The second-order valence-corrected chi connectivity index (χ2v) is 3.20. The zero-order chi connectivity index (χ0) is 11.8. The first-order valence-electron chi connectivity index (χ1n) is 4.48. The minimum absolute atomic E-state index is 0.110. The summed E-state index contributed by atoms with van der Waals surface area (Å²) < 4.78 is 5.32. The summed E-state index contributed by atoms with van der Waals surface area (Å²) in [6.45, 7) is 0.216. The average Bonchev–Trinajstić information content (AvgIpc) is 2.27. The van der Waals surface area contributed by atoms with Crippen molar-refractivity contribution in [2.45, 2.75) is 0 Å². The molecule has 0 fully saturated rings. The highest BCUT2D eigenvalue weighted by Gasteiger charge is 1.98. The molecule has 0 spiro atoms. The lowest BCUT2D eigenvalue weighted by Gasteiger charge is -2.05. The van der Waals surface area contributed by atoms with Gasteiger partial charge in [0.2, 0.25) is 0 Å². The number of nitrogens with one attached hydrogen (secondary N) is 1. The smallest absolute Gasteiger partial charge is 0.184 e. The van der Waals surface area contributed by atoms with Crippen LogP contribution in [0, 0.1) is 12.3 Å². The van der Waals surface area contributed by atoms with Crippen LogP contribution in [0.3, 0.4) is 0 Å². The van der Waals surface area contributed by atoms with E-state index in [1.165, 1.54) is 0 Å². The minimum Gasteiger partial charge on any atom is -0.480 e. The molecule has 1 rings (SSSR count). The largest absolute Gasteiger partial charge is 0.480 e. The summed E-state index contributed by atoms with van der Waals surface area (Å²) >= 11 is 4.61. The van der Waals surface area contributed by atoms with Crippen LogP contribution in [-0.2, 0) is 0 Å². The summed E-state index contributed by atoms with van der Waals surface area (Å²) in [6.07, 6.45) is 6.67. The SMILES string of the molecule is C#CCOc1ccccc1/C=N\NC(N)=S. The van der Waals surface area contributed by atoms with E-state index in [0.717, 1.165) is 5.56 Å². The summed E-state index contributed by atoms with van der Waals surface area (Å²) in [5, 5.41) is 3.95. The zero-order valence-corrected chi connectivity index (χ0v) is 9.33. The predicted molar refractivity (Wildman–Crippen MR) is 68.3 cm³/mol. The van der Waals surface area contributed by atoms with Gasteiger partial charge in [0.15, 0.2) is 5.11 Å². The molecule has 0 aliphatic carbocycles. The van der Waals surface area contributed by atoms with Gasteiger partial charge in [-0.05, 0) is 24.4 Å². The molecule has 1 aromatic carbocycles. The highest BCUT2D eigenvalue weighted by molar-refractivity contribution is 7.80. The van der Waals surface area contributed by atoms with E-state index in [1.54, 1.807) is 12.3 Å². The molecule has 0 heterocycles. The molecule has 0 aromatic heterocycles. The van der Waals surface area contributed by atoms with Gasteiger partial charge in [-0.3, -0.25) is 5.43 Å². The maximum Gasteiger partial charge on any atom is 0.184 e. The van der Waals surface area contributed by atoms with Crippen molar-refractivity contribution in [2.75, 3.05) is 6.61 Å². The number of ether oxygens (including phenoxy) is 1. The molecule has 0 saturated carbocycles. The quantitative estimate of drug-likeness (QED) is 0.350. The van der Waals surface area contributed by atoms with Crippen LogP contribution in [0.4, 0.5) is 0 Å². The topological polar surface area (TPSA) is 59.6 Å². The highest BCUT2D eigenvalue weighted by atomic mass is 32.1. The first kappa shape index (κ1) is 12.0. The zero-order valence-electron chi connectivity index (χ0n) is 8.51. The van der Waals surface area contributed by atoms with E-state index >= 15 is 0 Å². The third-order valence-corrected chi connectivity index (χ3v) is 1.70. The fourth-order valence-electron chi connectivity index (χ4n) is 1.00. The molecule has 0 saturated heterocycles. The summed E-state index contributed by atoms with van der Waals surface area (Å²) in [4.78, 5) is 0. The van der Waals surface area contributed by atoms with Crippen molar-refractivity contribution in [2.24, 2.45) is 10.8 Å². The second kappa shape index (κ2) is 6.43. The first-order valence-corrected chi connectivity index (χ1v) is 4.88. The molecular formula is C11H11N3OS. The number of hydrazone groups is 1. The predicted octanol–water partition coefficient (Wildman–Crippen LogP) is 0.866. The Kier molecular flexibility index (Phi) is 4.83. The summed E-state index contributed by atoms with van der Waals surface area (Å²) in [5.74, 6) is 3.06. The van der Waals surface area contributed by atoms with Crippen LogP contribution >= 0.6 is 12.2 Å². The second-order valence-electron chi connectivity index (χ2n) is 2.76. The molecule has 0 radical (unpaired) electrons. The number of benzene rings is 1. The van der Waals surface area contributed by atoms with Gasteiger partial charge in [-0.15, -0.1) is 6.42 Å². The highest BCUT2D eigenvalue weighted by Crippen LogP contribution is 2.15. The van der Waals surface area contributed by atoms with Crippen molar-refractivity contribution in [3.8, 4) is 18.1 Å². The van der Waals surface area contributed by atoms with Crippen LogP contribution in [0.5, 0.6) is 5.75 Å². The van der Waals surface area contributed by atoms with E-state index in [9.17, 15) is 0 Å². The molecule has 0 amide bonds. The Morgan fingerprint density at radius 3 is 3.06 bits per heavy atom. The van der Waals surface area contributed by atoms with Crippen LogP contribution in [-0.4, -0.2) is 17.9 Å². The summed E-state index contributed by atoms with van der Waals surface area (Å²) in [7, 11) is 0. The normalized spacial score (nSPS) is 9.69. The van der Waals surface area contributed by atoms with Gasteiger partial charge in [0, 0.05) is 5.56 Å². The van der Waals surface area contributed by atoms with E-state index in [1.807, 2.05) is 18.2 Å². The van der Waals surface area contributed by atoms with E-state index in [-0.39, 0.29) is 11.7 Å². The van der Waals surface area contributed by atoms with Crippen LogP contribution < -0.4 is 15.9 Å². The summed E-state index contributed by atoms with van der Waals surface area (Å²) in [6, 6.07) is 7.37. The first-order chi connectivity index (χ1) is 7.74. The average molecular weight is 233 g/mol. The molecule has 0 aliphatic heterocycles. The molecule has 5 heteroatoms. The summed E-state index contributed by atoms with van der Waals surface area (Å²) in [5.41, 5.74) is 8.48. The number of nitrogens with zero attached hydrogens (tertiary/aromatic N) is 1. The molecule has 0 atom stereocenters. The van der Waals surface area contributed by atoms with Gasteiger partial charge in [0.1, 0.15) is 12.4 Å². The van der Waals surface area contributed by atoms with Crippen LogP contribution in [0.2, 0.25) is 0 Å². The van der Waals surface area contributed by atoms with Gasteiger partial charge in [-0.1, -0.05) is 18.1 Å². The van der Waals surface area contributed by atoms with Gasteiger partial charge < -0.3 is 10.5 Å². The van der Waals surface area contributed by atoms with Crippen molar-refractivity contribution >= 4 is 23.5 Å². The van der Waals surface area contributed by atoms with Gasteiger partial charge in [-0.25, -0.2) is 0 Å². The monoisotopic (exact) mass is 233 g/mol. The van der Waals surface area contributed by atoms with Crippen LogP contribution in [0.15, 0.2) is 29.4 Å². The number of rotatable bonds is 4. The number of hydrogen-bond acceptors (Lipinski definition) is 3. The van der Waals surface area contributed by atoms with Crippen LogP contribution in [0.1, 0.15) is 5.56 Å². The van der Waals surface area contributed by atoms with Crippen molar-refractivity contribution in [3.05, 3.63) is 29.8 Å². The standard InChI is InChI=1S/C11H11N3OS/c1-2-7-15-10-6-4-3-5-9(10)8-13-14-11(12)16/h1,3-6,8H,7H2,(H3,12,14,16)/b13-8-. The third-order valence-electron chi connectivity index (χ3n) is 1.61. The molecule has 0 unspecified atom stereocenters. The fourth-order valence-corrected chi connectivity index (χ4v) is 1.06. The van der Waals surface area contributed by atoms with Gasteiger partial charge in [0.25, 0.3) is 0 Å². The maximum absolute atomic E-state index is 5.32. The number of thiocarbonyl (C=S) groups is 1. The molecule has 0 aliphatic rings. The van der Waals surface area contributed by atoms with Crippen LogP contribution in [0.25, 0.3) is 0 Å². The Morgan fingerprint density at radius 2 is 2.38 bits per heavy atom. The Bertz CT molecular complexity index is 437. The van der Waals surface area contributed by atoms with Gasteiger partial charge >= 0.3 is 0 Å². The van der Waals surface area contributed by atoms with Crippen molar-refractivity contribution < 1.29 is 4.74 Å². The molecule has 0 bridgehead atoms. The molecule has 1 aromatic rings. The Morgan fingerprint density at radius 1 is 1.62 bits per heavy atom. The minimum atomic E-state index is 0.110. The lowest BCUT2D eigenvalue weighted by Crippen LogP contribution is -2.24. The lowest BCUT2D eigenvalue weighted by molar-refractivity contribution is 0.370. The Labute approximate surface area is 99.5 Å². The fraction of sp³-hybridized carbons (Fsp3) is 0.0909. The van der Waals surface area contributed by atoms with Gasteiger partial charge in [0.05, 0.1) is 6.21 Å². The molecule has 3 N–H and O–H groups in total. The van der Waals surface area contributed by atoms with E-state index in [4.69, 9.17) is 16.9 Å². The number of nitrogens with two attached hydrogens (primary N) is 1. The number of terminal acetylenes is 1. The molecule has 82 valence electrons. The third kappa shape index (κ3) is 3.98. The lowest BCUT2D eigenvalue weighted by atomic mass is 10.2. The van der Waals surface area contributed by atoms with Crippen molar-refractivity contribution in [3.63, 3.8) is 0 Å². The Balaban J connectivity index is 2.74. The number of para-hydroxylation sites is 1. The number of hydrogen-bond donors (Lipinski definition) is 2. The van der Waals surface area contributed by atoms with Gasteiger partial charge in [-0.2, -0.15) is 5.10 Å². The molecule has 4 nitrogen and oxygen atoms in total. The molecular weight excluding hydrogens is 222 g/mol. The molecule has 16 heavy (non-hydrogen) atoms. The maximum atomic E-state index is 5.32. The van der Waals surface area contributed by atoms with E-state index < -0.39 is 0 Å². The van der Waals surface area contributed by atoms with Crippen molar-refractivity contribution in [1.82, 2.24) is 5.43 Å². The van der Waals surface area contributed by atoms with Crippen molar-refractivity contribution in [1.29, 1.82) is 0 Å². The van der Waals surface area contributed by atoms with E-state index in [0.29, 0.717) is 5.75 Å². The van der Waals surface area contributed by atoms with E-state index in [2.05, 4.69) is 28.7 Å². The Hall–Kier alpha value is -2.06.